The van der Waals surface area contributed by atoms with Crippen molar-refractivity contribution in [2.75, 3.05) is 0 Å². The summed E-state index contributed by atoms with van der Waals surface area (Å²) >= 11 is 0. The van der Waals surface area contributed by atoms with Gasteiger partial charge in [0.1, 0.15) is 5.75 Å². The lowest BCUT2D eigenvalue weighted by atomic mass is 10.0. The molecule has 0 heterocycles. The zero-order valence-electron chi connectivity index (χ0n) is 18.2. The van der Waals surface area contributed by atoms with Crippen molar-refractivity contribution in [2.45, 2.75) is 71.5 Å². The van der Waals surface area contributed by atoms with Gasteiger partial charge in [0.25, 0.3) is 9.76 Å². The normalized spacial score (nSPS) is 14.3. The first-order chi connectivity index (χ1) is 11.9. The van der Waals surface area contributed by atoms with E-state index >= 15 is 0 Å². The average Bonchev–Trinajstić information content (AvgIpc) is 2.49. The summed E-state index contributed by atoms with van der Waals surface area (Å²) in [7, 11) is -3.11. The Morgan fingerprint density at radius 3 is 2.04 bits per heavy atom. The summed E-state index contributed by atoms with van der Waals surface area (Å²) in [5, 5.41) is 0. The molecule has 1 rings (SSSR count). The van der Waals surface area contributed by atoms with Crippen molar-refractivity contribution in [3.63, 3.8) is 0 Å². The van der Waals surface area contributed by atoms with Gasteiger partial charge in [-0.25, -0.2) is 0 Å². The first-order valence-corrected chi connectivity index (χ1v) is 19.3. The van der Waals surface area contributed by atoms with Crippen molar-refractivity contribution >= 4 is 42.2 Å². The molecular formula is C19H38O3Si4. The molecule has 0 aliphatic rings. The summed E-state index contributed by atoms with van der Waals surface area (Å²) < 4.78 is 19.0. The van der Waals surface area contributed by atoms with Crippen molar-refractivity contribution in [1.82, 2.24) is 0 Å². The fraction of sp³-hybridized carbons (Fsp3) is 0.579. The lowest BCUT2D eigenvalue weighted by molar-refractivity contribution is 0.0531. The maximum Gasteiger partial charge on any atom is 0.276 e. The second kappa shape index (κ2) is 10.2. The van der Waals surface area contributed by atoms with Crippen molar-refractivity contribution in [2.24, 2.45) is 0 Å². The minimum atomic E-state index is -1.68. The number of hydrogen-bond donors (Lipinski definition) is 0. The van der Waals surface area contributed by atoms with Gasteiger partial charge in [-0.05, 0) is 71.2 Å². The minimum absolute atomic E-state index is 0.159. The van der Waals surface area contributed by atoms with E-state index in [1.165, 1.54) is 39.4 Å². The number of hydrogen-bond acceptors (Lipinski definition) is 3. The molecule has 0 saturated heterocycles. The van der Waals surface area contributed by atoms with Gasteiger partial charge in [0.15, 0.2) is 22.5 Å². The van der Waals surface area contributed by atoms with Crippen LogP contribution in [0.1, 0.15) is 25.8 Å². The Hall–Kier alpha value is -0.452. The third-order valence-electron chi connectivity index (χ3n) is 3.90. The molecule has 0 saturated carbocycles. The van der Waals surface area contributed by atoms with Crippen LogP contribution < -0.4 is 4.43 Å². The predicted octanol–water partition coefficient (Wildman–Crippen LogP) is 4.10. The van der Waals surface area contributed by atoms with Gasteiger partial charge < -0.3 is 13.3 Å². The molecule has 3 nitrogen and oxygen atoms in total. The zero-order chi connectivity index (χ0) is 20.0. The van der Waals surface area contributed by atoms with Gasteiger partial charge >= 0.3 is 0 Å². The van der Waals surface area contributed by atoms with Gasteiger partial charge in [0.2, 0.25) is 0 Å². The summed E-state index contributed by atoms with van der Waals surface area (Å²) in [6, 6.07) is 9.70. The first-order valence-electron chi connectivity index (χ1n) is 9.67. The van der Waals surface area contributed by atoms with Gasteiger partial charge in [-0.3, -0.25) is 0 Å². The van der Waals surface area contributed by atoms with Crippen molar-refractivity contribution in [3.05, 3.63) is 35.4 Å². The molecule has 1 aromatic rings. The number of rotatable bonds is 10. The molecule has 0 amide bonds. The lowest BCUT2D eigenvalue weighted by Gasteiger charge is -2.31. The van der Waals surface area contributed by atoms with Crippen LogP contribution in [0.3, 0.4) is 0 Å². The molecule has 26 heavy (non-hydrogen) atoms. The van der Waals surface area contributed by atoms with Crippen LogP contribution in [-0.2, 0) is 8.85 Å². The van der Waals surface area contributed by atoms with Gasteiger partial charge in [0, 0.05) is 15.8 Å². The highest BCUT2D eigenvalue weighted by Gasteiger charge is 2.28. The quantitative estimate of drug-likeness (QED) is 0.416. The van der Waals surface area contributed by atoms with Crippen LogP contribution in [0.5, 0.6) is 5.75 Å². The topological polar surface area (TPSA) is 27.7 Å². The third-order valence-corrected chi connectivity index (χ3v) is 8.09. The summed E-state index contributed by atoms with van der Waals surface area (Å²) in [4.78, 5) is 0. The molecule has 0 spiro atoms. The largest absolute Gasteiger partial charge is 0.543 e. The molecule has 148 valence electrons. The number of benzene rings is 1. The molecule has 0 aliphatic carbocycles. The van der Waals surface area contributed by atoms with Gasteiger partial charge in [0.05, 0.1) is 0 Å². The maximum absolute atomic E-state index is 6.35. The molecule has 0 radical (unpaired) electrons. The highest BCUT2D eigenvalue weighted by atomic mass is 28.4. The first kappa shape index (κ1) is 23.6. The molecule has 0 aliphatic heterocycles. The Balaban J connectivity index is 2.98. The lowest BCUT2D eigenvalue weighted by Crippen LogP contribution is -2.44. The molecule has 1 aromatic carbocycles. The summed E-state index contributed by atoms with van der Waals surface area (Å²) in [5.41, 5.74) is 4.03. The highest BCUT2D eigenvalue weighted by Crippen LogP contribution is 2.29. The Labute approximate surface area is 168 Å². The SMILES string of the molecule is CC(CC[SiH3])=C(C)c1ccccc1O[SiH2]C(O[Si](C)(C)C)O[Si](C)(C)C. The smallest absolute Gasteiger partial charge is 0.276 e. The molecule has 0 aromatic heterocycles. The van der Waals surface area contributed by atoms with E-state index in [0.29, 0.717) is 0 Å². The van der Waals surface area contributed by atoms with Gasteiger partial charge in [-0.1, -0.05) is 29.8 Å². The molecule has 0 unspecified atom stereocenters. The van der Waals surface area contributed by atoms with E-state index in [1.807, 2.05) is 0 Å². The summed E-state index contributed by atoms with van der Waals surface area (Å²) in [5.74, 6) is 0.820. The standard InChI is InChI=1S/C19H38O3Si4/c1-15(13-14-23)16(2)17-11-9-10-12-18(17)20-24-19(21-25(3,4)5)22-26(6,7)8/h9-12,19H,13-14,24H2,1-8,23H3. The fourth-order valence-corrected chi connectivity index (χ4v) is 9.36. The highest BCUT2D eigenvalue weighted by molar-refractivity contribution is 6.71. The van der Waals surface area contributed by atoms with Crippen LogP contribution in [0, 0.1) is 0 Å². The number of allylic oxidation sites excluding steroid dienone is 2. The molecule has 0 N–H and O–H groups in total. The van der Waals surface area contributed by atoms with Gasteiger partial charge in [-0.2, -0.15) is 0 Å². The molecule has 0 bridgehead atoms. The average molecular weight is 427 g/mol. The Morgan fingerprint density at radius 2 is 1.54 bits per heavy atom. The fourth-order valence-electron chi connectivity index (χ4n) is 2.73. The van der Waals surface area contributed by atoms with Crippen LogP contribution in [0.2, 0.25) is 45.3 Å². The van der Waals surface area contributed by atoms with Crippen LogP contribution in [-0.4, -0.2) is 42.6 Å². The van der Waals surface area contributed by atoms with E-state index < -0.39 is 26.4 Å². The second-order valence-corrected chi connectivity index (χ2v) is 20.1. The second-order valence-electron chi connectivity index (χ2n) is 8.85. The Kier molecular flexibility index (Phi) is 9.24. The predicted molar refractivity (Wildman–Crippen MR) is 126 cm³/mol. The van der Waals surface area contributed by atoms with E-state index in [4.69, 9.17) is 13.3 Å². The minimum Gasteiger partial charge on any atom is -0.543 e. The monoisotopic (exact) mass is 426 g/mol. The van der Waals surface area contributed by atoms with Crippen molar-refractivity contribution in [1.29, 1.82) is 0 Å². The third kappa shape index (κ3) is 8.96. The Bertz CT molecular complexity index is 588. The zero-order valence-corrected chi connectivity index (χ0v) is 23.6. The van der Waals surface area contributed by atoms with Gasteiger partial charge in [-0.15, -0.1) is 0 Å². The molecule has 0 fully saturated rings. The van der Waals surface area contributed by atoms with E-state index in [0.717, 1.165) is 5.75 Å². The van der Waals surface area contributed by atoms with E-state index in [2.05, 4.69) is 77.4 Å². The van der Waals surface area contributed by atoms with Crippen LogP contribution in [0.15, 0.2) is 29.8 Å². The summed E-state index contributed by atoms with van der Waals surface area (Å²) in [6.07, 6.45) is 1.18. The van der Waals surface area contributed by atoms with E-state index in [1.54, 1.807) is 0 Å². The maximum atomic E-state index is 6.35. The van der Waals surface area contributed by atoms with Crippen LogP contribution >= 0.6 is 0 Å². The summed E-state index contributed by atoms with van der Waals surface area (Å²) in [6.45, 7) is 17.7. The number of para-hydroxylation sites is 1. The van der Waals surface area contributed by atoms with Crippen LogP contribution in [0.4, 0.5) is 0 Å². The van der Waals surface area contributed by atoms with Crippen molar-refractivity contribution < 1.29 is 13.3 Å². The van der Waals surface area contributed by atoms with Crippen LogP contribution in [0.25, 0.3) is 5.57 Å². The Morgan fingerprint density at radius 1 is 1.00 bits per heavy atom. The molecular weight excluding hydrogens is 389 g/mol. The molecule has 7 heteroatoms. The van der Waals surface area contributed by atoms with Crippen molar-refractivity contribution in [3.8, 4) is 5.75 Å². The van der Waals surface area contributed by atoms with E-state index in [-0.39, 0.29) is 5.91 Å². The van der Waals surface area contributed by atoms with E-state index in [9.17, 15) is 0 Å². The molecule has 0 atom stereocenters.